The lowest BCUT2D eigenvalue weighted by Crippen LogP contribution is -2.39. The summed E-state index contributed by atoms with van der Waals surface area (Å²) in [4.78, 5) is 11.7. The van der Waals surface area contributed by atoms with E-state index < -0.39 is 11.7 Å². The van der Waals surface area contributed by atoms with Crippen molar-refractivity contribution in [2.24, 2.45) is 0 Å². The number of ether oxygens (including phenoxy) is 1. The third-order valence-corrected chi connectivity index (χ3v) is 2.91. The molecule has 5 nitrogen and oxygen atoms in total. The van der Waals surface area contributed by atoms with Crippen LogP contribution in [0.25, 0.3) is 0 Å². The topological polar surface area (TPSA) is 70.6 Å². The molecular formula is C14H20N2O3. The lowest BCUT2D eigenvalue weighted by Gasteiger charge is -2.28. The van der Waals surface area contributed by atoms with Crippen molar-refractivity contribution in [2.45, 2.75) is 32.3 Å². The number of phenols is 1. The van der Waals surface area contributed by atoms with Crippen LogP contribution in [0, 0.1) is 0 Å². The van der Waals surface area contributed by atoms with E-state index in [2.05, 4.69) is 10.6 Å². The summed E-state index contributed by atoms with van der Waals surface area (Å²) >= 11 is 0. The molecular weight excluding hydrogens is 244 g/mol. The molecule has 19 heavy (non-hydrogen) atoms. The van der Waals surface area contributed by atoms with Gasteiger partial charge in [-0.2, -0.15) is 0 Å². The zero-order valence-corrected chi connectivity index (χ0v) is 11.5. The summed E-state index contributed by atoms with van der Waals surface area (Å²) in [6.07, 6.45) is -0.563. The second kappa shape index (κ2) is 5.09. The molecule has 104 valence electrons. The molecule has 1 heterocycles. The van der Waals surface area contributed by atoms with Gasteiger partial charge in [-0.1, -0.05) is 6.07 Å². The van der Waals surface area contributed by atoms with Gasteiger partial charge < -0.3 is 15.2 Å². The normalized spacial score (nSPS) is 15.7. The van der Waals surface area contributed by atoms with Gasteiger partial charge >= 0.3 is 6.09 Å². The Morgan fingerprint density at radius 2 is 2.11 bits per heavy atom. The lowest BCUT2D eigenvalue weighted by molar-refractivity contribution is 0.0635. The fraction of sp³-hybridized carbons (Fsp3) is 0.500. The average Bonchev–Trinajstić information content (AvgIpc) is 2.17. The van der Waals surface area contributed by atoms with Crippen LogP contribution in [0.5, 0.6) is 5.75 Å². The van der Waals surface area contributed by atoms with Crippen molar-refractivity contribution >= 4 is 11.8 Å². The van der Waals surface area contributed by atoms with Crippen LogP contribution in [-0.2, 0) is 4.74 Å². The second-order valence-electron chi connectivity index (χ2n) is 5.76. The van der Waals surface area contributed by atoms with Gasteiger partial charge in [-0.3, -0.25) is 5.32 Å². The van der Waals surface area contributed by atoms with Crippen molar-refractivity contribution in [3.63, 3.8) is 0 Å². The molecule has 1 aliphatic rings. The van der Waals surface area contributed by atoms with Gasteiger partial charge in [0.1, 0.15) is 11.4 Å². The molecule has 1 aromatic rings. The first kappa shape index (κ1) is 13.7. The number of benzene rings is 1. The highest BCUT2D eigenvalue weighted by Gasteiger charge is 2.21. The van der Waals surface area contributed by atoms with Gasteiger partial charge in [0.05, 0.1) is 5.69 Å². The molecule has 0 bridgehead atoms. The van der Waals surface area contributed by atoms with Crippen molar-refractivity contribution in [1.29, 1.82) is 0 Å². The van der Waals surface area contributed by atoms with Crippen molar-refractivity contribution < 1.29 is 14.6 Å². The molecule has 0 unspecified atom stereocenters. The fourth-order valence-electron chi connectivity index (χ4n) is 1.85. The van der Waals surface area contributed by atoms with Crippen LogP contribution in [-0.4, -0.2) is 29.9 Å². The molecule has 0 aromatic heterocycles. The number of anilines is 1. The minimum Gasteiger partial charge on any atom is -0.506 e. The summed E-state index contributed by atoms with van der Waals surface area (Å²) in [5, 5.41) is 15.5. The van der Waals surface area contributed by atoms with Crippen LogP contribution in [0.4, 0.5) is 10.5 Å². The summed E-state index contributed by atoms with van der Waals surface area (Å²) in [5.41, 5.74) is 0.927. The second-order valence-corrected chi connectivity index (χ2v) is 5.76. The van der Waals surface area contributed by atoms with E-state index in [0.717, 1.165) is 18.7 Å². The molecule has 2 rings (SSSR count). The number of phenolic OH excluding ortho intramolecular Hbond substituents is 1. The number of rotatable bonds is 2. The fourth-order valence-corrected chi connectivity index (χ4v) is 1.85. The summed E-state index contributed by atoms with van der Waals surface area (Å²) in [5.74, 6) is 0.488. The third kappa shape index (κ3) is 3.61. The van der Waals surface area contributed by atoms with Crippen molar-refractivity contribution in [3.8, 4) is 5.75 Å². The maximum atomic E-state index is 11.7. The Labute approximate surface area is 113 Å². The monoisotopic (exact) mass is 264 g/mol. The molecule has 0 radical (unpaired) electrons. The molecule has 1 amide bonds. The van der Waals surface area contributed by atoms with Gasteiger partial charge in [0, 0.05) is 19.0 Å². The van der Waals surface area contributed by atoms with E-state index in [1.54, 1.807) is 32.9 Å². The van der Waals surface area contributed by atoms with Crippen molar-refractivity contribution in [2.75, 3.05) is 18.4 Å². The summed E-state index contributed by atoms with van der Waals surface area (Å²) in [6.45, 7) is 7.24. The minimum atomic E-state index is -0.563. The average molecular weight is 264 g/mol. The quantitative estimate of drug-likeness (QED) is 0.717. The van der Waals surface area contributed by atoms with Gasteiger partial charge in [-0.15, -0.1) is 0 Å². The highest BCUT2D eigenvalue weighted by molar-refractivity contribution is 5.87. The van der Waals surface area contributed by atoms with E-state index in [1.807, 2.05) is 6.07 Å². The van der Waals surface area contributed by atoms with Gasteiger partial charge in [-0.05, 0) is 38.5 Å². The number of hydrogen-bond donors (Lipinski definition) is 3. The SMILES string of the molecule is CC(C)(C)OC(=O)Nc1cc(C2CNC2)ccc1O. The molecule has 0 aliphatic carbocycles. The predicted molar refractivity (Wildman–Crippen MR) is 73.6 cm³/mol. The van der Waals surface area contributed by atoms with E-state index in [-0.39, 0.29) is 5.75 Å². The molecule has 0 spiro atoms. The smallest absolute Gasteiger partial charge is 0.412 e. The van der Waals surface area contributed by atoms with Gasteiger partial charge in [0.2, 0.25) is 0 Å². The number of carbonyl (C=O) groups is 1. The van der Waals surface area contributed by atoms with Crippen LogP contribution >= 0.6 is 0 Å². The van der Waals surface area contributed by atoms with Crippen molar-refractivity contribution in [1.82, 2.24) is 5.32 Å². The van der Waals surface area contributed by atoms with E-state index >= 15 is 0 Å². The minimum absolute atomic E-state index is 0.0434. The first-order valence-corrected chi connectivity index (χ1v) is 6.39. The van der Waals surface area contributed by atoms with E-state index in [0.29, 0.717) is 11.6 Å². The molecule has 1 fully saturated rings. The van der Waals surface area contributed by atoms with Crippen LogP contribution in [0.2, 0.25) is 0 Å². The third-order valence-electron chi connectivity index (χ3n) is 2.91. The predicted octanol–water partition coefficient (Wildman–Crippen LogP) is 2.43. The van der Waals surface area contributed by atoms with E-state index in [4.69, 9.17) is 4.74 Å². The Kier molecular flexibility index (Phi) is 3.66. The Bertz CT molecular complexity index is 476. The van der Waals surface area contributed by atoms with Gasteiger partial charge in [0.25, 0.3) is 0 Å². The lowest BCUT2D eigenvalue weighted by atomic mass is 9.93. The Hall–Kier alpha value is -1.75. The Morgan fingerprint density at radius 3 is 2.63 bits per heavy atom. The number of hydrogen-bond acceptors (Lipinski definition) is 4. The molecule has 1 saturated heterocycles. The molecule has 3 N–H and O–H groups in total. The van der Waals surface area contributed by atoms with Crippen LogP contribution in [0.1, 0.15) is 32.3 Å². The molecule has 1 aromatic carbocycles. The summed E-state index contributed by atoms with van der Waals surface area (Å²) in [7, 11) is 0. The van der Waals surface area contributed by atoms with E-state index in [1.165, 1.54) is 0 Å². The van der Waals surface area contributed by atoms with Crippen molar-refractivity contribution in [3.05, 3.63) is 23.8 Å². The number of amides is 1. The Morgan fingerprint density at radius 1 is 1.42 bits per heavy atom. The summed E-state index contributed by atoms with van der Waals surface area (Å²) in [6, 6.07) is 5.27. The van der Waals surface area contributed by atoms with Crippen LogP contribution in [0.15, 0.2) is 18.2 Å². The van der Waals surface area contributed by atoms with Gasteiger partial charge in [-0.25, -0.2) is 4.79 Å². The molecule has 1 aliphatic heterocycles. The van der Waals surface area contributed by atoms with Crippen LogP contribution in [0.3, 0.4) is 0 Å². The first-order chi connectivity index (χ1) is 8.85. The highest BCUT2D eigenvalue weighted by atomic mass is 16.6. The standard InChI is InChI=1S/C14H20N2O3/c1-14(2,3)19-13(18)16-11-6-9(4-5-12(11)17)10-7-15-8-10/h4-6,10,15,17H,7-8H2,1-3H3,(H,16,18). The number of aromatic hydroxyl groups is 1. The largest absolute Gasteiger partial charge is 0.506 e. The highest BCUT2D eigenvalue weighted by Crippen LogP contribution is 2.29. The maximum absolute atomic E-state index is 11.7. The Balaban J connectivity index is 2.08. The zero-order chi connectivity index (χ0) is 14.0. The zero-order valence-electron chi connectivity index (χ0n) is 11.5. The number of carbonyl (C=O) groups excluding carboxylic acids is 1. The number of nitrogens with one attached hydrogen (secondary N) is 2. The maximum Gasteiger partial charge on any atom is 0.412 e. The van der Waals surface area contributed by atoms with E-state index in [9.17, 15) is 9.90 Å². The molecule has 5 heteroatoms. The molecule has 0 atom stereocenters. The van der Waals surface area contributed by atoms with Gasteiger partial charge in [0.15, 0.2) is 0 Å². The first-order valence-electron chi connectivity index (χ1n) is 6.39. The van der Waals surface area contributed by atoms with Crippen LogP contribution < -0.4 is 10.6 Å². The molecule has 0 saturated carbocycles. The summed E-state index contributed by atoms with van der Waals surface area (Å²) < 4.78 is 5.16.